The Labute approximate surface area is 221 Å². The van der Waals surface area contributed by atoms with Crippen LogP contribution >= 0.6 is 11.6 Å². The number of carbonyl (C=O) groups excluding carboxylic acids is 2. The van der Waals surface area contributed by atoms with Gasteiger partial charge in [-0.2, -0.15) is 0 Å². The Bertz CT molecular complexity index is 1280. The van der Waals surface area contributed by atoms with Gasteiger partial charge in [0.1, 0.15) is 23.7 Å². The minimum Gasteiger partial charge on any atom is -0.495 e. The van der Waals surface area contributed by atoms with Crippen molar-refractivity contribution < 1.29 is 33.6 Å². The molecule has 0 aromatic heterocycles. The lowest BCUT2D eigenvalue weighted by Crippen LogP contribution is -2.24. The van der Waals surface area contributed by atoms with E-state index in [0.29, 0.717) is 34.1 Å². The first-order valence-corrected chi connectivity index (χ1v) is 13.0. The van der Waals surface area contributed by atoms with Crippen molar-refractivity contribution in [1.82, 2.24) is 0 Å². The van der Waals surface area contributed by atoms with E-state index in [9.17, 15) is 14.7 Å². The minimum absolute atomic E-state index is 0.0562. The number of benzene rings is 2. The van der Waals surface area contributed by atoms with Gasteiger partial charge in [-0.05, 0) is 67.7 Å². The highest BCUT2D eigenvalue weighted by Crippen LogP contribution is 2.48. The molecule has 37 heavy (non-hydrogen) atoms. The molecule has 2 bridgehead atoms. The Hall–Kier alpha value is -3.03. The number of methoxy groups -OCH3 is 1. The summed E-state index contributed by atoms with van der Waals surface area (Å²) in [4.78, 5) is 26.3. The average Bonchev–Trinajstić information content (AvgIpc) is 3.48. The molecule has 1 fully saturated rings. The second kappa shape index (κ2) is 10.0. The molecular formula is C29H31ClO7. The van der Waals surface area contributed by atoms with E-state index in [4.69, 9.17) is 30.5 Å². The van der Waals surface area contributed by atoms with Gasteiger partial charge >= 0.3 is 11.9 Å². The van der Waals surface area contributed by atoms with Gasteiger partial charge in [0, 0.05) is 5.56 Å². The van der Waals surface area contributed by atoms with Gasteiger partial charge < -0.3 is 24.1 Å². The topological polar surface area (TPSA) is 91.3 Å². The summed E-state index contributed by atoms with van der Waals surface area (Å²) in [5.74, 6) is 0.438. The predicted octanol–water partition coefficient (Wildman–Crippen LogP) is 6.32. The van der Waals surface area contributed by atoms with Crippen molar-refractivity contribution in [2.24, 2.45) is 23.7 Å². The molecule has 2 aromatic carbocycles. The number of aliphatic hydroxyl groups excluding tert-OH is 1. The largest absolute Gasteiger partial charge is 0.495 e. The van der Waals surface area contributed by atoms with Crippen LogP contribution in [0.1, 0.15) is 66.3 Å². The maximum absolute atomic E-state index is 13.2. The number of esters is 2. The zero-order chi connectivity index (χ0) is 26.4. The highest BCUT2D eigenvalue weighted by atomic mass is 35.5. The first-order chi connectivity index (χ1) is 17.7. The number of allylic oxidation sites excluding steroid dienone is 2. The van der Waals surface area contributed by atoms with Gasteiger partial charge in [-0.25, -0.2) is 4.79 Å². The van der Waals surface area contributed by atoms with Gasteiger partial charge in [0.25, 0.3) is 0 Å². The number of carbonyl (C=O) groups is 2. The summed E-state index contributed by atoms with van der Waals surface area (Å²) in [5, 5.41) is 11.1. The van der Waals surface area contributed by atoms with E-state index in [0.717, 1.165) is 12.8 Å². The van der Waals surface area contributed by atoms with Crippen LogP contribution in [0.25, 0.3) is 0 Å². The van der Waals surface area contributed by atoms with Crippen LogP contribution in [-0.2, 0) is 16.1 Å². The lowest BCUT2D eigenvalue weighted by atomic mass is 9.94. The highest BCUT2D eigenvalue weighted by Gasteiger charge is 2.41. The monoisotopic (exact) mass is 526 g/mol. The van der Waals surface area contributed by atoms with E-state index in [-0.39, 0.29) is 58.9 Å². The van der Waals surface area contributed by atoms with Crippen LogP contribution in [0.2, 0.25) is 5.02 Å². The Morgan fingerprint density at radius 3 is 2.68 bits per heavy atom. The zero-order valence-corrected chi connectivity index (χ0v) is 22.1. The quantitative estimate of drug-likeness (QED) is 0.267. The fourth-order valence-electron chi connectivity index (χ4n) is 5.60. The molecule has 7 nitrogen and oxygen atoms in total. The molecule has 0 saturated heterocycles. The van der Waals surface area contributed by atoms with Crippen LogP contribution < -0.4 is 14.2 Å². The summed E-state index contributed by atoms with van der Waals surface area (Å²) in [6.45, 7) is 5.61. The first kappa shape index (κ1) is 25.6. The van der Waals surface area contributed by atoms with Gasteiger partial charge in [-0.15, -0.1) is 0 Å². The third-order valence-corrected chi connectivity index (χ3v) is 7.95. The van der Waals surface area contributed by atoms with Gasteiger partial charge in [-0.1, -0.05) is 37.6 Å². The molecule has 8 heteroatoms. The standard InChI is InChI=1S/C29H31ClO7/c1-14(2)9-21(31)18-7-8-22-24(27(18)34-4)29(33)35-13-20-25(30)15(3)10-23(26(20)36-22)37-28(32)19-12-16-5-6-17(19)11-16/h5-8,10,14,16-17,19,21,31H,9,11-13H2,1-4H3/t16?,17?,19?,21-/m0/s1. The number of halogens is 1. The lowest BCUT2D eigenvalue weighted by Gasteiger charge is -2.25. The molecule has 0 radical (unpaired) electrons. The number of ether oxygens (including phenoxy) is 4. The third kappa shape index (κ3) is 4.71. The van der Waals surface area contributed by atoms with E-state index in [1.807, 2.05) is 13.8 Å². The molecular weight excluding hydrogens is 496 g/mol. The summed E-state index contributed by atoms with van der Waals surface area (Å²) in [5.41, 5.74) is 1.61. The van der Waals surface area contributed by atoms with Crippen LogP contribution in [0, 0.1) is 30.6 Å². The molecule has 1 N–H and O–H groups in total. The van der Waals surface area contributed by atoms with Crippen molar-refractivity contribution in [3.63, 3.8) is 0 Å². The number of aryl methyl sites for hydroxylation is 1. The van der Waals surface area contributed by atoms with Crippen molar-refractivity contribution in [2.45, 2.75) is 52.7 Å². The van der Waals surface area contributed by atoms with Gasteiger partial charge in [0.15, 0.2) is 11.5 Å². The van der Waals surface area contributed by atoms with E-state index in [1.165, 1.54) is 7.11 Å². The van der Waals surface area contributed by atoms with Crippen LogP contribution in [-0.4, -0.2) is 24.2 Å². The number of hydrogen-bond donors (Lipinski definition) is 1. The second-order valence-electron chi connectivity index (χ2n) is 10.5. The van der Waals surface area contributed by atoms with Crippen molar-refractivity contribution in [3.8, 4) is 23.0 Å². The fraction of sp³-hybridized carbons (Fsp3) is 0.448. The Balaban J connectivity index is 1.55. The smallest absolute Gasteiger partial charge is 0.346 e. The summed E-state index contributed by atoms with van der Waals surface area (Å²) in [6.07, 6.45) is 5.67. The van der Waals surface area contributed by atoms with Crippen LogP contribution in [0.4, 0.5) is 0 Å². The summed E-state index contributed by atoms with van der Waals surface area (Å²) < 4.78 is 23.4. The molecule has 196 valence electrons. The number of fused-ring (bicyclic) bond motifs is 4. The Kier molecular flexibility index (Phi) is 6.94. The van der Waals surface area contributed by atoms with Crippen LogP contribution in [0.3, 0.4) is 0 Å². The van der Waals surface area contributed by atoms with Gasteiger partial charge in [0.2, 0.25) is 0 Å². The number of aliphatic hydroxyl groups is 1. The van der Waals surface area contributed by atoms with E-state index >= 15 is 0 Å². The summed E-state index contributed by atoms with van der Waals surface area (Å²) in [7, 11) is 1.43. The third-order valence-electron chi connectivity index (χ3n) is 7.42. The molecule has 3 unspecified atom stereocenters. The predicted molar refractivity (Wildman–Crippen MR) is 137 cm³/mol. The Morgan fingerprint density at radius 2 is 2.03 bits per heavy atom. The number of rotatable bonds is 6. The summed E-state index contributed by atoms with van der Waals surface area (Å²) in [6, 6.07) is 4.93. The zero-order valence-electron chi connectivity index (χ0n) is 21.4. The normalized spacial score (nSPS) is 22.5. The molecule has 0 spiro atoms. The highest BCUT2D eigenvalue weighted by molar-refractivity contribution is 6.32. The first-order valence-electron chi connectivity index (χ1n) is 12.6. The molecule has 2 aliphatic carbocycles. The lowest BCUT2D eigenvalue weighted by molar-refractivity contribution is -0.139. The minimum atomic E-state index is -0.838. The van der Waals surface area contributed by atoms with Crippen molar-refractivity contribution in [3.05, 3.63) is 57.6 Å². The molecule has 0 amide bonds. The van der Waals surface area contributed by atoms with E-state index in [1.54, 1.807) is 25.1 Å². The summed E-state index contributed by atoms with van der Waals surface area (Å²) >= 11 is 6.59. The second-order valence-corrected chi connectivity index (χ2v) is 10.9. The van der Waals surface area contributed by atoms with Gasteiger partial charge in [-0.3, -0.25) is 4.79 Å². The molecule has 1 saturated carbocycles. The van der Waals surface area contributed by atoms with Gasteiger partial charge in [0.05, 0.1) is 29.7 Å². The van der Waals surface area contributed by atoms with Crippen LogP contribution in [0.15, 0.2) is 30.4 Å². The number of hydrogen-bond acceptors (Lipinski definition) is 7. The molecule has 4 atom stereocenters. The molecule has 2 aromatic rings. The molecule has 3 aliphatic rings. The van der Waals surface area contributed by atoms with E-state index < -0.39 is 12.1 Å². The Morgan fingerprint density at radius 1 is 1.24 bits per heavy atom. The fourth-order valence-corrected chi connectivity index (χ4v) is 5.79. The number of cyclic esters (lactones) is 1. The average molecular weight is 527 g/mol. The van der Waals surface area contributed by atoms with Crippen molar-refractivity contribution in [2.75, 3.05) is 7.11 Å². The molecule has 1 heterocycles. The SMILES string of the molecule is COc1c([C@@H](O)CC(C)C)ccc2c1C(=O)OCc1c(Cl)c(C)cc(OC(=O)C3CC4C=CC3C4)c1O2. The van der Waals surface area contributed by atoms with Crippen LogP contribution in [0.5, 0.6) is 23.0 Å². The van der Waals surface area contributed by atoms with Crippen molar-refractivity contribution in [1.29, 1.82) is 0 Å². The maximum atomic E-state index is 13.2. The van der Waals surface area contributed by atoms with Crippen molar-refractivity contribution >= 4 is 23.5 Å². The molecule has 5 rings (SSSR count). The maximum Gasteiger partial charge on any atom is 0.346 e. The molecule has 1 aliphatic heterocycles. The van der Waals surface area contributed by atoms with E-state index in [2.05, 4.69) is 12.2 Å².